The molecule has 1 heterocycles. The fourth-order valence-electron chi connectivity index (χ4n) is 5.71. The van der Waals surface area contributed by atoms with E-state index in [0.717, 1.165) is 40.2 Å². The lowest BCUT2D eigenvalue weighted by Crippen LogP contribution is -2.38. The number of benzene rings is 2. The molecule has 2 unspecified atom stereocenters. The van der Waals surface area contributed by atoms with E-state index in [1.54, 1.807) is 0 Å². The van der Waals surface area contributed by atoms with Gasteiger partial charge in [0.15, 0.2) is 0 Å². The normalized spacial score (nSPS) is 21.8. The number of ether oxygens (including phenoxy) is 1. The van der Waals surface area contributed by atoms with Crippen LogP contribution in [-0.2, 0) is 20.9 Å². The monoisotopic (exact) mass is 555 g/mol. The van der Waals surface area contributed by atoms with Crippen LogP contribution in [0.25, 0.3) is 11.3 Å². The van der Waals surface area contributed by atoms with Crippen LogP contribution >= 0.6 is 0 Å². The van der Waals surface area contributed by atoms with Crippen LogP contribution in [0.2, 0.25) is 0 Å². The molecule has 2 aliphatic carbocycles. The van der Waals surface area contributed by atoms with Crippen molar-refractivity contribution in [2.45, 2.75) is 70.6 Å². The third kappa shape index (κ3) is 6.96. The molecule has 2 aromatic carbocycles. The Bertz CT molecular complexity index is 1350. The first-order chi connectivity index (χ1) is 19.7. The van der Waals surface area contributed by atoms with Gasteiger partial charge in [0.25, 0.3) is 0 Å². The van der Waals surface area contributed by atoms with Gasteiger partial charge in [0.2, 0.25) is 5.91 Å². The number of hydrogen-bond acceptors (Lipinski definition) is 6. The first-order valence-electron chi connectivity index (χ1n) is 14.7. The average molecular weight is 556 g/mol. The third-order valence-corrected chi connectivity index (χ3v) is 8.21. The molecule has 0 aliphatic heterocycles. The Labute approximate surface area is 243 Å². The van der Waals surface area contributed by atoms with Gasteiger partial charge < -0.3 is 19.6 Å². The number of carbonyl (C=O) groups is 2. The molecular formula is C34H41N3O4. The molecule has 0 bridgehead atoms. The first-order valence-corrected chi connectivity index (χ1v) is 14.7. The maximum absolute atomic E-state index is 13.9. The molecule has 1 N–H and O–H groups in total. The van der Waals surface area contributed by atoms with Crippen LogP contribution in [-0.4, -0.2) is 48.3 Å². The molecule has 7 nitrogen and oxygen atoms in total. The summed E-state index contributed by atoms with van der Waals surface area (Å²) in [5.74, 6) is -0.210. The zero-order valence-corrected chi connectivity index (χ0v) is 24.5. The number of aromatic nitrogens is 1. The van der Waals surface area contributed by atoms with Gasteiger partial charge in [-0.25, -0.2) is 0 Å². The molecule has 41 heavy (non-hydrogen) atoms. The van der Waals surface area contributed by atoms with Gasteiger partial charge in [0, 0.05) is 43.1 Å². The van der Waals surface area contributed by atoms with Crippen LogP contribution < -0.4 is 9.80 Å². The Hall–Kier alpha value is -3.71. The third-order valence-electron chi connectivity index (χ3n) is 8.21. The van der Waals surface area contributed by atoms with Crippen molar-refractivity contribution in [1.82, 2.24) is 4.98 Å². The second kappa shape index (κ2) is 12.4. The zero-order chi connectivity index (χ0) is 29.1. The van der Waals surface area contributed by atoms with Crippen LogP contribution in [0.15, 0.2) is 66.9 Å². The van der Waals surface area contributed by atoms with Crippen molar-refractivity contribution in [3.8, 4) is 11.3 Å². The average Bonchev–Trinajstić information content (AvgIpc) is 3.78. The lowest BCUT2D eigenvalue weighted by atomic mass is 9.86. The highest BCUT2D eigenvalue weighted by molar-refractivity contribution is 5.95. The zero-order valence-electron chi connectivity index (χ0n) is 24.5. The lowest BCUT2D eigenvalue weighted by molar-refractivity contribution is -0.149. The van der Waals surface area contributed by atoms with Crippen molar-refractivity contribution >= 4 is 23.3 Å². The van der Waals surface area contributed by atoms with Crippen molar-refractivity contribution in [1.29, 1.82) is 0 Å². The summed E-state index contributed by atoms with van der Waals surface area (Å²) < 4.78 is 5.43. The number of esters is 1. The van der Waals surface area contributed by atoms with Gasteiger partial charge in [0.05, 0.1) is 30.4 Å². The Morgan fingerprint density at radius 1 is 0.976 bits per heavy atom. The second-order valence-electron chi connectivity index (χ2n) is 12.0. The van der Waals surface area contributed by atoms with Crippen LogP contribution in [0, 0.1) is 11.8 Å². The van der Waals surface area contributed by atoms with E-state index in [1.165, 1.54) is 0 Å². The number of anilines is 2. The van der Waals surface area contributed by atoms with E-state index < -0.39 is 0 Å². The highest BCUT2D eigenvalue weighted by Crippen LogP contribution is 2.49. The summed E-state index contributed by atoms with van der Waals surface area (Å²) in [5.41, 5.74) is 5.88. The molecule has 5 rings (SSSR count). The van der Waals surface area contributed by atoms with Crippen LogP contribution in [0.5, 0.6) is 0 Å². The fourth-order valence-corrected chi connectivity index (χ4v) is 5.71. The molecule has 2 fully saturated rings. The summed E-state index contributed by atoms with van der Waals surface area (Å²) in [7, 11) is 4.04. The van der Waals surface area contributed by atoms with Crippen molar-refractivity contribution in [3.05, 3.63) is 78.0 Å². The Morgan fingerprint density at radius 3 is 2.34 bits per heavy atom. The smallest absolute Gasteiger partial charge is 0.309 e. The minimum Gasteiger partial charge on any atom is -0.463 e. The molecule has 0 radical (unpaired) electrons. The quantitative estimate of drug-likeness (QED) is 0.329. The highest BCUT2D eigenvalue weighted by Gasteiger charge is 2.45. The number of hydrogen-bond donors (Lipinski definition) is 1. The summed E-state index contributed by atoms with van der Waals surface area (Å²) in [6.45, 7) is 4.13. The van der Waals surface area contributed by atoms with Gasteiger partial charge in [-0.2, -0.15) is 0 Å². The van der Waals surface area contributed by atoms with Crippen molar-refractivity contribution in [3.63, 3.8) is 0 Å². The second-order valence-corrected chi connectivity index (χ2v) is 12.0. The van der Waals surface area contributed by atoms with E-state index in [1.807, 2.05) is 69.4 Å². The summed E-state index contributed by atoms with van der Waals surface area (Å²) >= 11 is 0. The molecule has 1 amide bonds. The summed E-state index contributed by atoms with van der Waals surface area (Å²) in [4.78, 5) is 35.0. The maximum Gasteiger partial charge on any atom is 0.309 e. The largest absolute Gasteiger partial charge is 0.463 e. The predicted molar refractivity (Wildman–Crippen MR) is 162 cm³/mol. The van der Waals surface area contributed by atoms with Gasteiger partial charge in [-0.3, -0.25) is 14.6 Å². The van der Waals surface area contributed by atoms with Crippen LogP contribution in [0.4, 0.5) is 11.4 Å². The number of rotatable bonds is 9. The molecule has 0 saturated heterocycles. The molecular weight excluding hydrogens is 514 g/mol. The summed E-state index contributed by atoms with van der Waals surface area (Å²) in [6, 6.07) is 20.4. The Kier molecular flexibility index (Phi) is 8.74. The van der Waals surface area contributed by atoms with E-state index in [2.05, 4.69) is 35.2 Å². The number of amides is 1. The van der Waals surface area contributed by atoms with E-state index in [0.29, 0.717) is 32.2 Å². The van der Waals surface area contributed by atoms with Crippen molar-refractivity contribution in [2.24, 2.45) is 11.8 Å². The van der Waals surface area contributed by atoms with Crippen molar-refractivity contribution in [2.75, 3.05) is 23.9 Å². The number of aliphatic hydroxyl groups is 1. The van der Waals surface area contributed by atoms with Gasteiger partial charge in [0.1, 0.15) is 0 Å². The molecule has 216 valence electrons. The van der Waals surface area contributed by atoms with E-state index in [-0.39, 0.29) is 41.8 Å². The van der Waals surface area contributed by atoms with Gasteiger partial charge in [-0.05, 0) is 93.3 Å². The van der Waals surface area contributed by atoms with Gasteiger partial charge in [-0.15, -0.1) is 0 Å². The molecule has 7 heteroatoms. The van der Waals surface area contributed by atoms with E-state index in [9.17, 15) is 14.7 Å². The predicted octanol–water partition coefficient (Wildman–Crippen LogP) is 5.95. The molecule has 2 atom stereocenters. The number of pyridine rings is 1. The number of nitrogens with zero attached hydrogens (tertiary/aromatic N) is 3. The summed E-state index contributed by atoms with van der Waals surface area (Å²) in [5, 5.41) is 10.0. The molecule has 3 aromatic rings. The maximum atomic E-state index is 13.9. The van der Waals surface area contributed by atoms with Crippen LogP contribution in [0.1, 0.15) is 63.0 Å². The molecule has 0 spiro atoms. The van der Waals surface area contributed by atoms with E-state index in [4.69, 9.17) is 9.72 Å². The topological polar surface area (TPSA) is 83.0 Å². The molecule has 1 aromatic heterocycles. The number of carbonyl (C=O) groups excluding carboxylic acids is 2. The van der Waals surface area contributed by atoms with E-state index >= 15 is 0 Å². The Morgan fingerprint density at radius 2 is 1.71 bits per heavy atom. The lowest BCUT2D eigenvalue weighted by Gasteiger charge is -2.31. The van der Waals surface area contributed by atoms with Crippen LogP contribution in [0.3, 0.4) is 0 Å². The van der Waals surface area contributed by atoms with Crippen molar-refractivity contribution < 1.29 is 19.4 Å². The molecule has 2 aliphatic rings. The number of aliphatic hydroxyl groups excluding tert-OH is 1. The SMILES string of the molecule is CC(C)OC(=O)C1CC1c1cccc(N(Cc2ccc(-c3ccc(N(C)C)cc3)nc2)C(=O)C2CCC(O)CC2)c1. The summed E-state index contributed by atoms with van der Waals surface area (Å²) in [6.07, 6.45) is 4.83. The first kappa shape index (κ1) is 28.8. The van der Waals surface area contributed by atoms with Gasteiger partial charge in [-0.1, -0.05) is 30.3 Å². The van der Waals surface area contributed by atoms with Gasteiger partial charge >= 0.3 is 5.97 Å². The fraction of sp³-hybridized carbons (Fsp3) is 0.441. The minimum atomic E-state index is -0.322. The standard InChI is InChI=1S/C34H41N3O4/c1-22(2)41-34(40)31-19-30(31)26-6-5-7-28(18-26)37(33(39)25-11-15-29(38)16-12-25)21-23-8-17-32(35-20-23)24-9-13-27(14-10-24)36(3)4/h5-10,13-14,17-18,20,22,25,29-31,38H,11-12,15-16,19,21H2,1-4H3. The Balaban J connectivity index is 1.37. The minimum absolute atomic E-state index is 0.0731. The highest BCUT2D eigenvalue weighted by atomic mass is 16.5. The molecule has 2 saturated carbocycles.